The third kappa shape index (κ3) is 3.34. The van der Waals surface area contributed by atoms with E-state index in [0.717, 1.165) is 10.9 Å². The molecule has 1 aliphatic rings. The van der Waals surface area contributed by atoms with Crippen LogP contribution in [0.2, 0.25) is 0 Å². The largest absolute Gasteiger partial charge is 0.497 e. The standard InChI is InChI=1S/C20H18N4O3S/c1-27-13-6-4-5-12(11-13)21-17(25)10-9-16-19(26)24-18(22-16)14-7-2-3-8-15(14)23-20(24)28/h2-8,11,16,22H,9-10H2,1H3,(H,21,25)/t16-/m0/s1. The first-order valence-electron chi connectivity index (χ1n) is 8.83. The van der Waals surface area contributed by atoms with Crippen LogP contribution in [0, 0.1) is 4.77 Å². The molecule has 28 heavy (non-hydrogen) atoms. The molecule has 0 unspecified atom stereocenters. The first kappa shape index (κ1) is 18.1. The van der Waals surface area contributed by atoms with Crippen LogP contribution >= 0.6 is 12.2 Å². The molecule has 0 spiro atoms. The molecule has 0 saturated carbocycles. The number of nitrogens with zero attached hydrogens (tertiary/aromatic N) is 2. The third-order valence-corrected chi connectivity index (χ3v) is 4.91. The number of hydrogen-bond acceptors (Lipinski definition) is 6. The first-order valence-corrected chi connectivity index (χ1v) is 9.24. The lowest BCUT2D eigenvalue weighted by atomic mass is 10.1. The van der Waals surface area contributed by atoms with Crippen LogP contribution in [0.25, 0.3) is 10.9 Å². The Hall–Kier alpha value is -3.26. The number of anilines is 2. The molecule has 7 nitrogen and oxygen atoms in total. The number of methoxy groups -OCH3 is 1. The minimum Gasteiger partial charge on any atom is -0.497 e. The predicted octanol–water partition coefficient (Wildman–Crippen LogP) is 3.63. The van der Waals surface area contributed by atoms with Crippen LogP contribution in [0.5, 0.6) is 5.75 Å². The van der Waals surface area contributed by atoms with Gasteiger partial charge in [0.25, 0.3) is 5.91 Å². The molecular formula is C20H18N4O3S. The summed E-state index contributed by atoms with van der Waals surface area (Å²) in [6.45, 7) is 0. The second-order valence-corrected chi connectivity index (χ2v) is 6.81. The minimum atomic E-state index is -0.523. The van der Waals surface area contributed by atoms with Crippen LogP contribution in [0.1, 0.15) is 17.6 Å². The van der Waals surface area contributed by atoms with Crippen molar-refractivity contribution in [2.75, 3.05) is 17.7 Å². The van der Waals surface area contributed by atoms with Crippen molar-refractivity contribution in [2.45, 2.75) is 18.9 Å². The number of carbonyl (C=O) groups is 2. The van der Waals surface area contributed by atoms with E-state index in [0.29, 0.717) is 23.7 Å². The van der Waals surface area contributed by atoms with E-state index >= 15 is 0 Å². The Kier molecular flexibility index (Phi) is 4.79. The highest BCUT2D eigenvalue weighted by atomic mass is 32.1. The van der Waals surface area contributed by atoms with Crippen molar-refractivity contribution < 1.29 is 14.3 Å². The SMILES string of the molecule is COc1cccc(NC(=O)CC[C@@H]2Nc3c4ccccc4nc(=S)n3C2=O)c1. The van der Waals surface area contributed by atoms with Gasteiger partial charge in [-0.1, -0.05) is 18.2 Å². The highest BCUT2D eigenvalue weighted by Gasteiger charge is 2.31. The molecule has 0 saturated heterocycles. The zero-order valence-electron chi connectivity index (χ0n) is 15.1. The topological polar surface area (TPSA) is 85.2 Å². The van der Waals surface area contributed by atoms with E-state index in [1.54, 1.807) is 31.4 Å². The molecule has 0 fully saturated rings. The maximum absolute atomic E-state index is 12.8. The Morgan fingerprint density at radius 3 is 2.93 bits per heavy atom. The van der Waals surface area contributed by atoms with E-state index in [9.17, 15) is 9.59 Å². The van der Waals surface area contributed by atoms with Crippen molar-refractivity contribution in [3.05, 3.63) is 53.3 Å². The molecule has 1 amide bonds. The zero-order valence-corrected chi connectivity index (χ0v) is 16.0. The molecule has 0 radical (unpaired) electrons. The number of ether oxygens (including phenoxy) is 1. The molecule has 8 heteroatoms. The lowest BCUT2D eigenvalue weighted by Crippen LogP contribution is -2.26. The molecule has 1 aliphatic heterocycles. The van der Waals surface area contributed by atoms with Gasteiger partial charge in [0, 0.05) is 23.6 Å². The van der Waals surface area contributed by atoms with Crippen LogP contribution in [-0.4, -0.2) is 34.5 Å². The van der Waals surface area contributed by atoms with E-state index in [2.05, 4.69) is 15.6 Å². The molecule has 2 N–H and O–H groups in total. The van der Waals surface area contributed by atoms with Crippen LogP contribution in [0.3, 0.4) is 0 Å². The van der Waals surface area contributed by atoms with E-state index in [1.807, 2.05) is 24.3 Å². The van der Waals surface area contributed by atoms with Crippen molar-refractivity contribution in [3.8, 4) is 5.75 Å². The maximum Gasteiger partial charge on any atom is 0.257 e. The lowest BCUT2D eigenvalue weighted by Gasteiger charge is -2.10. The number of rotatable bonds is 5. The van der Waals surface area contributed by atoms with Gasteiger partial charge in [0.1, 0.15) is 17.6 Å². The van der Waals surface area contributed by atoms with Gasteiger partial charge in [0.05, 0.1) is 12.6 Å². The average molecular weight is 394 g/mol. The van der Waals surface area contributed by atoms with Gasteiger partial charge in [-0.05, 0) is 42.9 Å². The molecule has 1 atom stereocenters. The monoisotopic (exact) mass is 394 g/mol. The normalized spacial score (nSPS) is 15.2. The number of benzene rings is 2. The Morgan fingerprint density at radius 1 is 1.29 bits per heavy atom. The van der Waals surface area contributed by atoms with Crippen LogP contribution in [-0.2, 0) is 4.79 Å². The molecule has 2 heterocycles. The first-order chi connectivity index (χ1) is 13.6. The smallest absolute Gasteiger partial charge is 0.257 e. The van der Waals surface area contributed by atoms with Crippen LogP contribution < -0.4 is 15.4 Å². The van der Waals surface area contributed by atoms with Gasteiger partial charge in [0.2, 0.25) is 10.7 Å². The van der Waals surface area contributed by atoms with Gasteiger partial charge in [-0.15, -0.1) is 0 Å². The fourth-order valence-electron chi connectivity index (χ4n) is 3.27. The summed E-state index contributed by atoms with van der Waals surface area (Å²) in [5.74, 6) is 0.936. The summed E-state index contributed by atoms with van der Waals surface area (Å²) in [6, 6.07) is 14.1. The molecule has 4 rings (SSSR count). The molecule has 0 bridgehead atoms. The summed E-state index contributed by atoms with van der Waals surface area (Å²) in [5.41, 5.74) is 1.38. The fraction of sp³-hybridized carbons (Fsp3) is 0.200. The molecule has 2 aromatic carbocycles. The minimum absolute atomic E-state index is 0.176. The summed E-state index contributed by atoms with van der Waals surface area (Å²) in [5, 5.41) is 6.86. The summed E-state index contributed by atoms with van der Waals surface area (Å²) >= 11 is 5.28. The van der Waals surface area contributed by atoms with Gasteiger partial charge in [0.15, 0.2) is 0 Å². The molecule has 142 valence electrons. The predicted molar refractivity (Wildman–Crippen MR) is 109 cm³/mol. The Labute approximate surface area is 166 Å². The summed E-state index contributed by atoms with van der Waals surface area (Å²) in [6.07, 6.45) is 0.534. The van der Waals surface area contributed by atoms with Crippen molar-refractivity contribution in [3.63, 3.8) is 0 Å². The molecular weight excluding hydrogens is 376 g/mol. The fourth-order valence-corrected chi connectivity index (χ4v) is 3.54. The maximum atomic E-state index is 12.8. The Bertz CT molecular complexity index is 1140. The summed E-state index contributed by atoms with van der Waals surface area (Å²) in [4.78, 5) is 29.4. The number of aromatic nitrogens is 2. The highest BCUT2D eigenvalue weighted by Crippen LogP contribution is 2.29. The van der Waals surface area contributed by atoms with E-state index in [1.165, 1.54) is 4.57 Å². The van der Waals surface area contributed by atoms with Gasteiger partial charge in [-0.2, -0.15) is 0 Å². The van der Waals surface area contributed by atoms with Crippen molar-refractivity contribution in [1.82, 2.24) is 9.55 Å². The highest BCUT2D eigenvalue weighted by molar-refractivity contribution is 7.71. The third-order valence-electron chi connectivity index (χ3n) is 4.63. The van der Waals surface area contributed by atoms with E-state index in [-0.39, 0.29) is 23.0 Å². The van der Waals surface area contributed by atoms with E-state index in [4.69, 9.17) is 17.0 Å². The zero-order chi connectivity index (χ0) is 19.7. The number of nitrogens with one attached hydrogen (secondary N) is 2. The number of carbonyl (C=O) groups excluding carboxylic acids is 2. The summed E-state index contributed by atoms with van der Waals surface area (Å²) in [7, 11) is 1.57. The van der Waals surface area contributed by atoms with Gasteiger partial charge in [-0.25, -0.2) is 9.55 Å². The second-order valence-electron chi connectivity index (χ2n) is 6.45. The quantitative estimate of drug-likeness (QED) is 0.643. The number of amides is 1. The van der Waals surface area contributed by atoms with Gasteiger partial charge < -0.3 is 15.4 Å². The van der Waals surface area contributed by atoms with Crippen molar-refractivity contribution >= 4 is 46.4 Å². The number of fused-ring (bicyclic) bond motifs is 3. The molecule has 3 aromatic rings. The number of para-hydroxylation sites is 1. The summed E-state index contributed by atoms with van der Waals surface area (Å²) < 4.78 is 6.79. The van der Waals surface area contributed by atoms with Crippen molar-refractivity contribution in [1.29, 1.82) is 0 Å². The van der Waals surface area contributed by atoms with Gasteiger partial charge in [-0.3, -0.25) is 9.59 Å². The molecule has 0 aliphatic carbocycles. The Balaban J connectivity index is 1.47. The Morgan fingerprint density at radius 2 is 2.11 bits per heavy atom. The van der Waals surface area contributed by atoms with Crippen molar-refractivity contribution in [2.24, 2.45) is 0 Å². The second kappa shape index (κ2) is 7.40. The molecule has 1 aromatic heterocycles. The average Bonchev–Trinajstić information content (AvgIpc) is 3.04. The van der Waals surface area contributed by atoms with Crippen LogP contribution in [0.15, 0.2) is 48.5 Å². The van der Waals surface area contributed by atoms with Gasteiger partial charge >= 0.3 is 0 Å². The van der Waals surface area contributed by atoms with E-state index < -0.39 is 6.04 Å². The van der Waals surface area contributed by atoms with Crippen LogP contribution in [0.4, 0.5) is 11.5 Å². The lowest BCUT2D eigenvalue weighted by molar-refractivity contribution is -0.116. The number of hydrogen-bond donors (Lipinski definition) is 2.